The van der Waals surface area contributed by atoms with Gasteiger partial charge >= 0.3 is 0 Å². The molecule has 1 amide bonds. The first-order valence-corrected chi connectivity index (χ1v) is 5.19. The molecule has 0 saturated carbocycles. The molecule has 3 nitrogen and oxygen atoms in total. The summed E-state index contributed by atoms with van der Waals surface area (Å²) >= 11 is 5.82. The Morgan fingerprint density at radius 1 is 1.67 bits per heavy atom. The number of hydrogen-bond acceptors (Lipinski definition) is 2. The molecule has 15 heavy (non-hydrogen) atoms. The Balaban J connectivity index is 2.50. The lowest BCUT2D eigenvalue weighted by molar-refractivity contribution is -0.137. The van der Waals surface area contributed by atoms with Gasteiger partial charge in [-0.1, -0.05) is 0 Å². The number of hydrogen-bond donors (Lipinski definition) is 0. The number of amides is 1. The highest BCUT2D eigenvalue weighted by Crippen LogP contribution is 2.19. The van der Waals surface area contributed by atoms with E-state index in [1.54, 1.807) is 0 Å². The third-order valence-corrected chi connectivity index (χ3v) is 2.30. The van der Waals surface area contributed by atoms with Crippen molar-refractivity contribution in [2.75, 3.05) is 26.3 Å². The lowest BCUT2D eigenvalue weighted by Gasteiger charge is -2.22. The highest BCUT2D eigenvalue weighted by atomic mass is 35.5. The number of carbonyl (C=O) groups is 1. The molecule has 0 aromatic rings. The van der Waals surface area contributed by atoms with Crippen LogP contribution in [0.15, 0.2) is 0 Å². The Morgan fingerprint density at radius 2 is 2.33 bits per heavy atom. The summed E-state index contributed by atoms with van der Waals surface area (Å²) in [7, 11) is 0. The van der Waals surface area contributed by atoms with Gasteiger partial charge in [0.2, 0.25) is 5.91 Å². The van der Waals surface area contributed by atoms with E-state index in [2.05, 4.69) is 0 Å². The van der Waals surface area contributed by atoms with Gasteiger partial charge in [-0.3, -0.25) is 4.79 Å². The molecule has 1 atom stereocenters. The van der Waals surface area contributed by atoms with Gasteiger partial charge in [0.25, 0.3) is 5.92 Å². The third-order valence-electron chi connectivity index (χ3n) is 2.04. The van der Waals surface area contributed by atoms with Gasteiger partial charge < -0.3 is 9.64 Å². The quantitative estimate of drug-likeness (QED) is 0.686. The molecule has 1 aliphatic rings. The Kier molecular flexibility index (Phi) is 4.28. The van der Waals surface area contributed by atoms with E-state index in [9.17, 15) is 13.6 Å². The van der Waals surface area contributed by atoms with Gasteiger partial charge in [-0.15, -0.1) is 11.6 Å². The van der Waals surface area contributed by atoms with Crippen LogP contribution in [0, 0.1) is 0 Å². The van der Waals surface area contributed by atoms with E-state index in [1.807, 2.05) is 0 Å². The zero-order valence-electron chi connectivity index (χ0n) is 8.51. The predicted octanol–water partition coefficient (Wildman–Crippen LogP) is 1.50. The number of nitrogens with zero attached hydrogens (tertiary/aromatic N) is 1. The molecule has 0 aromatic heterocycles. The van der Waals surface area contributed by atoms with Gasteiger partial charge in [0.1, 0.15) is 0 Å². The topological polar surface area (TPSA) is 29.5 Å². The second-order valence-corrected chi connectivity index (χ2v) is 4.38. The molecule has 1 unspecified atom stereocenters. The number of alkyl halides is 3. The van der Waals surface area contributed by atoms with Crippen molar-refractivity contribution >= 4 is 17.5 Å². The van der Waals surface area contributed by atoms with Crippen molar-refractivity contribution in [2.24, 2.45) is 0 Å². The van der Waals surface area contributed by atoms with Crippen LogP contribution in [0.2, 0.25) is 0 Å². The van der Waals surface area contributed by atoms with Crippen LogP contribution in [0.4, 0.5) is 8.78 Å². The van der Waals surface area contributed by atoms with E-state index in [4.69, 9.17) is 16.3 Å². The normalized spacial score (nSPS) is 23.7. The zero-order chi connectivity index (χ0) is 11.5. The maximum Gasteiger partial charge on any atom is 0.254 e. The van der Waals surface area contributed by atoms with E-state index < -0.39 is 18.3 Å². The van der Waals surface area contributed by atoms with Crippen molar-refractivity contribution in [1.29, 1.82) is 0 Å². The monoisotopic (exact) mass is 241 g/mol. The fraction of sp³-hybridized carbons (Fsp3) is 0.889. The van der Waals surface area contributed by atoms with Gasteiger partial charge in [-0.05, 0) is 6.92 Å². The lowest BCUT2D eigenvalue weighted by Crippen LogP contribution is -2.38. The summed E-state index contributed by atoms with van der Waals surface area (Å²) in [4.78, 5) is 12.8. The summed E-state index contributed by atoms with van der Waals surface area (Å²) in [5.41, 5.74) is 0. The number of rotatable bonds is 2. The summed E-state index contributed by atoms with van der Waals surface area (Å²) in [6.45, 7) is 2.05. The molecular weight excluding hydrogens is 228 g/mol. The van der Waals surface area contributed by atoms with E-state index in [0.717, 1.165) is 6.92 Å². The number of halogens is 3. The molecule has 6 heteroatoms. The van der Waals surface area contributed by atoms with Crippen LogP contribution >= 0.6 is 11.6 Å². The fourth-order valence-corrected chi connectivity index (χ4v) is 1.63. The van der Waals surface area contributed by atoms with Crippen LogP contribution in [0.25, 0.3) is 0 Å². The maximum atomic E-state index is 12.6. The standard InChI is InChI=1S/C9H14ClF2NO2/c1-9(11,12)4-8(14)13-2-3-15-6-7(10)5-13/h7H,2-6H2,1H3. The Labute approximate surface area is 92.3 Å². The van der Waals surface area contributed by atoms with Crippen LogP contribution in [0.3, 0.4) is 0 Å². The average molecular weight is 242 g/mol. The molecule has 1 aliphatic heterocycles. The smallest absolute Gasteiger partial charge is 0.254 e. The van der Waals surface area contributed by atoms with Gasteiger partial charge in [-0.2, -0.15) is 0 Å². The summed E-state index contributed by atoms with van der Waals surface area (Å²) in [5.74, 6) is -3.54. The number of carbonyl (C=O) groups excluding carboxylic acids is 1. The minimum atomic E-state index is -2.97. The first-order chi connectivity index (χ1) is 6.88. The summed E-state index contributed by atoms with van der Waals surface area (Å²) in [6, 6.07) is 0. The molecule has 88 valence electrons. The molecule has 0 aliphatic carbocycles. The van der Waals surface area contributed by atoms with Crippen molar-refractivity contribution in [2.45, 2.75) is 24.6 Å². The van der Waals surface area contributed by atoms with Crippen molar-refractivity contribution < 1.29 is 18.3 Å². The minimum Gasteiger partial charge on any atom is -0.378 e. The van der Waals surface area contributed by atoms with E-state index in [1.165, 1.54) is 4.90 Å². The number of ether oxygens (including phenoxy) is 1. The third kappa shape index (κ3) is 4.75. The summed E-state index contributed by atoms with van der Waals surface area (Å²) < 4.78 is 30.3. The van der Waals surface area contributed by atoms with Crippen LogP contribution in [-0.4, -0.2) is 48.4 Å². The molecular formula is C9H14ClF2NO2. The second kappa shape index (κ2) is 5.07. The second-order valence-electron chi connectivity index (χ2n) is 3.76. The van der Waals surface area contributed by atoms with E-state index >= 15 is 0 Å². The molecule has 0 bridgehead atoms. The van der Waals surface area contributed by atoms with Crippen LogP contribution < -0.4 is 0 Å². The zero-order valence-corrected chi connectivity index (χ0v) is 9.27. The van der Waals surface area contributed by atoms with Crippen molar-refractivity contribution in [1.82, 2.24) is 4.90 Å². The highest BCUT2D eigenvalue weighted by Gasteiger charge is 2.30. The molecule has 1 saturated heterocycles. The summed E-state index contributed by atoms with van der Waals surface area (Å²) in [5, 5.41) is -0.318. The first-order valence-electron chi connectivity index (χ1n) is 4.76. The van der Waals surface area contributed by atoms with E-state index in [-0.39, 0.29) is 11.9 Å². The molecule has 0 spiro atoms. The van der Waals surface area contributed by atoms with Crippen molar-refractivity contribution in [3.8, 4) is 0 Å². The Bertz CT molecular complexity index is 233. The van der Waals surface area contributed by atoms with Crippen LogP contribution in [0.5, 0.6) is 0 Å². The highest BCUT2D eigenvalue weighted by molar-refractivity contribution is 6.21. The lowest BCUT2D eigenvalue weighted by atomic mass is 10.2. The SMILES string of the molecule is CC(F)(F)CC(=O)N1CCOCC(Cl)C1. The largest absolute Gasteiger partial charge is 0.378 e. The molecule has 0 aromatic carbocycles. The molecule has 0 N–H and O–H groups in total. The van der Waals surface area contributed by atoms with Crippen molar-refractivity contribution in [3.63, 3.8) is 0 Å². The molecule has 0 radical (unpaired) electrons. The Hall–Kier alpha value is -0.420. The fourth-order valence-electron chi connectivity index (χ4n) is 1.37. The molecule has 1 heterocycles. The Morgan fingerprint density at radius 3 is 2.93 bits per heavy atom. The van der Waals surface area contributed by atoms with Gasteiger partial charge in [0.15, 0.2) is 0 Å². The minimum absolute atomic E-state index is 0.274. The first kappa shape index (κ1) is 12.6. The average Bonchev–Trinajstić information content (AvgIpc) is 2.26. The molecule has 1 fully saturated rings. The van der Waals surface area contributed by atoms with Gasteiger partial charge in [0, 0.05) is 13.1 Å². The van der Waals surface area contributed by atoms with Crippen LogP contribution in [-0.2, 0) is 9.53 Å². The van der Waals surface area contributed by atoms with Gasteiger partial charge in [0.05, 0.1) is 25.0 Å². The van der Waals surface area contributed by atoms with Crippen molar-refractivity contribution in [3.05, 3.63) is 0 Å². The molecule has 1 rings (SSSR count). The van der Waals surface area contributed by atoms with E-state index in [0.29, 0.717) is 19.8 Å². The summed E-state index contributed by atoms with van der Waals surface area (Å²) in [6.07, 6.45) is -0.767. The van der Waals surface area contributed by atoms with Crippen LogP contribution in [0.1, 0.15) is 13.3 Å². The predicted molar refractivity (Wildman–Crippen MR) is 52.3 cm³/mol. The maximum absolute atomic E-state index is 12.6. The van der Waals surface area contributed by atoms with Gasteiger partial charge in [-0.25, -0.2) is 8.78 Å².